The Hall–Kier alpha value is -1.75. The first-order chi connectivity index (χ1) is 8.99. The van der Waals surface area contributed by atoms with Crippen molar-refractivity contribution in [3.05, 3.63) is 29.6 Å². The first-order valence-electron chi connectivity index (χ1n) is 6.51. The van der Waals surface area contributed by atoms with Crippen molar-refractivity contribution < 1.29 is 9.59 Å². The van der Waals surface area contributed by atoms with E-state index < -0.39 is 6.04 Å². The maximum absolute atomic E-state index is 12.1. The zero-order valence-corrected chi connectivity index (χ0v) is 11.5. The largest absolute Gasteiger partial charge is 0.300 e. The summed E-state index contributed by atoms with van der Waals surface area (Å²) < 4.78 is 0. The quantitative estimate of drug-likeness (QED) is 0.822. The second kappa shape index (κ2) is 5.48. The predicted molar refractivity (Wildman–Crippen MR) is 71.2 cm³/mol. The van der Waals surface area contributed by atoms with Gasteiger partial charge in [0, 0.05) is 18.3 Å². The van der Waals surface area contributed by atoms with Crippen LogP contribution in [0.4, 0.5) is 0 Å². The van der Waals surface area contributed by atoms with Crippen molar-refractivity contribution in [3.63, 3.8) is 0 Å². The number of hydrogen-bond acceptors (Lipinski definition) is 4. The number of nitrogens with one attached hydrogen (secondary N) is 1. The molecule has 5 nitrogen and oxygen atoms in total. The number of hydrogen-bond donors (Lipinski definition) is 1. The van der Waals surface area contributed by atoms with E-state index in [1.165, 1.54) is 4.90 Å². The van der Waals surface area contributed by atoms with Crippen molar-refractivity contribution in [2.75, 3.05) is 0 Å². The lowest BCUT2D eigenvalue weighted by Gasteiger charge is -2.19. The summed E-state index contributed by atoms with van der Waals surface area (Å²) in [5.41, 5.74) is 1.82. The third kappa shape index (κ3) is 2.98. The minimum absolute atomic E-state index is 0.0797. The molecule has 0 aliphatic carbocycles. The maximum atomic E-state index is 12.1. The van der Waals surface area contributed by atoms with Gasteiger partial charge in [0.1, 0.15) is 0 Å². The Morgan fingerprint density at radius 1 is 1.42 bits per heavy atom. The first-order valence-corrected chi connectivity index (χ1v) is 6.51. The average molecular weight is 261 g/mol. The number of aryl methyl sites for hydroxylation is 1. The van der Waals surface area contributed by atoms with Crippen LogP contribution in [0, 0.1) is 6.92 Å². The third-order valence-electron chi connectivity index (χ3n) is 3.17. The van der Waals surface area contributed by atoms with Crippen LogP contribution in [0.3, 0.4) is 0 Å². The molecule has 0 spiro atoms. The molecule has 1 atom stereocenters. The second-order valence-corrected chi connectivity index (χ2v) is 5.10. The fourth-order valence-corrected chi connectivity index (χ4v) is 2.28. The van der Waals surface area contributed by atoms with Gasteiger partial charge in [0.15, 0.2) is 0 Å². The number of pyridine rings is 1. The number of nitrogens with zero attached hydrogens (tertiary/aromatic N) is 2. The van der Waals surface area contributed by atoms with Crippen molar-refractivity contribution in [3.8, 4) is 0 Å². The summed E-state index contributed by atoms with van der Waals surface area (Å²) in [5, 5.41) is 3.12. The van der Waals surface area contributed by atoms with E-state index in [0.717, 1.165) is 11.4 Å². The number of rotatable bonds is 4. The van der Waals surface area contributed by atoms with E-state index in [9.17, 15) is 9.59 Å². The Balaban J connectivity index is 1.98. The number of amides is 2. The van der Waals surface area contributed by atoms with E-state index in [4.69, 9.17) is 0 Å². The van der Waals surface area contributed by atoms with Crippen LogP contribution in [0.2, 0.25) is 0 Å². The summed E-state index contributed by atoms with van der Waals surface area (Å²) in [5.74, 6) is -0.234. The molecule has 1 aliphatic rings. The molecule has 2 heterocycles. The topological polar surface area (TPSA) is 62.3 Å². The van der Waals surface area contributed by atoms with Gasteiger partial charge in [-0.2, -0.15) is 0 Å². The monoisotopic (exact) mass is 261 g/mol. The Kier molecular flexibility index (Phi) is 3.95. The fourth-order valence-electron chi connectivity index (χ4n) is 2.28. The molecule has 0 radical (unpaired) electrons. The summed E-state index contributed by atoms with van der Waals surface area (Å²) in [6, 6.07) is 5.26. The molecule has 1 fully saturated rings. The highest BCUT2D eigenvalue weighted by Crippen LogP contribution is 2.16. The number of likely N-dealkylation sites (tertiary alicyclic amines) is 1. The molecule has 0 saturated carbocycles. The lowest BCUT2D eigenvalue weighted by atomic mass is 10.2. The van der Waals surface area contributed by atoms with Gasteiger partial charge in [-0.05, 0) is 32.9 Å². The van der Waals surface area contributed by atoms with Crippen LogP contribution >= 0.6 is 0 Å². The van der Waals surface area contributed by atoms with Gasteiger partial charge in [-0.3, -0.25) is 24.8 Å². The van der Waals surface area contributed by atoms with Crippen molar-refractivity contribution >= 4 is 11.8 Å². The average Bonchev–Trinajstić information content (AvgIpc) is 2.62. The van der Waals surface area contributed by atoms with Gasteiger partial charge in [-0.15, -0.1) is 0 Å². The summed E-state index contributed by atoms with van der Waals surface area (Å²) in [6.07, 6.45) is 0.239. The van der Waals surface area contributed by atoms with Gasteiger partial charge in [0.05, 0.1) is 18.2 Å². The molecule has 0 bridgehead atoms. The van der Waals surface area contributed by atoms with Crippen molar-refractivity contribution in [1.82, 2.24) is 15.2 Å². The molecule has 0 aromatic carbocycles. The standard InChI is InChI=1S/C14H19N3O2/c1-9(2)17-13(18)7-12(14(17)19)15-8-11-6-4-5-10(3)16-11/h4-6,9,12,15H,7-8H2,1-3H3. The first kappa shape index (κ1) is 13.7. The smallest absolute Gasteiger partial charge is 0.247 e. The van der Waals surface area contributed by atoms with E-state index >= 15 is 0 Å². The van der Waals surface area contributed by atoms with Gasteiger partial charge in [0.2, 0.25) is 11.8 Å². The molecule has 5 heteroatoms. The number of carbonyl (C=O) groups excluding carboxylic acids is 2. The molecule has 2 rings (SSSR count). The number of aromatic nitrogens is 1. The molecule has 1 aromatic rings. The Morgan fingerprint density at radius 2 is 2.16 bits per heavy atom. The number of imide groups is 1. The van der Waals surface area contributed by atoms with Gasteiger partial charge >= 0.3 is 0 Å². The van der Waals surface area contributed by atoms with E-state index in [1.54, 1.807) is 0 Å². The highest BCUT2D eigenvalue weighted by atomic mass is 16.2. The van der Waals surface area contributed by atoms with Crippen molar-refractivity contribution in [2.45, 2.75) is 45.8 Å². The molecule has 1 aliphatic heterocycles. The highest BCUT2D eigenvalue weighted by Gasteiger charge is 2.39. The molecular weight excluding hydrogens is 242 g/mol. The SMILES string of the molecule is Cc1cccc(CNC2CC(=O)N(C(C)C)C2=O)n1. The van der Waals surface area contributed by atoms with Crippen LogP contribution in [0.15, 0.2) is 18.2 Å². The Bertz CT molecular complexity index is 499. The van der Waals surface area contributed by atoms with E-state index in [-0.39, 0.29) is 24.3 Å². The normalized spacial score (nSPS) is 19.6. The zero-order valence-electron chi connectivity index (χ0n) is 11.5. The van der Waals surface area contributed by atoms with Crippen LogP contribution in [0.5, 0.6) is 0 Å². The summed E-state index contributed by atoms with van der Waals surface area (Å²) in [6.45, 7) is 6.12. The van der Waals surface area contributed by atoms with Crippen LogP contribution in [0.1, 0.15) is 31.7 Å². The predicted octanol–water partition coefficient (Wildman–Crippen LogP) is 1.02. The lowest BCUT2D eigenvalue weighted by Crippen LogP contribution is -2.41. The zero-order chi connectivity index (χ0) is 14.0. The van der Waals surface area contributed by atoms with Gasteiger partial charge < -0.3 is 0 Å². The second-order valence-electron chi connectivity index (χ2n) is 5.10. The third-order valence-corrected chi connectivity index (χ3v) is 3.17. The van der Waals surface area contributed by atoms with Crippen LogP contribution in [0.25, 0.3) is 0 Å². The lowest BCUT2D eigenvalue weighted by molar-refractivity contribution is -0.140. The molecule has 19 heavy (non-hydrogen) atoms. The Labute approximate surface area is 113 Å². The van der Waals surface area contributed by atoms with Crippen molar-refractivity contribution in [1.29, 1.82) is 0 Å². The van der Waals surface area contributed by atoms with Crippen molar-refractivity contribution in [2.24, 2.45) is 0 Å². The fraction of sp³-hybridized carbons (Fsp3) is 0.500. The molecular formula is C14H19N3O2. The molecule has 1 aromatic heterocycles. The summed E-state index contributed by atoms with van der Waals surface area (Å²) in [7, 11) is 0. The summed E-state index contributed by atoms with van der Waals surface area (Å²) in [4.78, 5) is 29.5. The Morgan fingerprint density at radius 3 is 2.74 bits per heavy atom. The van der Waals surface area contributed by atoms with E-state index in [1.807, 2.05) is 39.0 Å². The van der Waals surface area contributed by atoms with Gasteiger partial charge in [0.25, 0.3) is 0 Å². The van der Waals surface area contributed by atoms with Crippen LogP contribution < -0.4 is 5.32 Å². The molecule has 1 N–H and O–H groups in total. The van der Waals surface area contributed by atoms with E-state index in [2.05, 4.69) is 10.3 Å². The van der Waals surface area contributed by atoms with Gasteiger partial charge in [-0.25, -0.2) is 0 Å². The molecule has 1 unspecified atom stereocenters. The number of carbonyl (C=O) groups is 2. The van der Waals surface area contributed by atoms with Crippen LogP contribution in [-0.4, -0.2) is 33.8 Å². The van der Waals surface area contributed by atoms with Gasteiger partial charge in [-0.1, -0.05) is 6.07 Å². The van der Waals surface area contributed by atoms with E-state index in [0.29, 0.717) is 6.54 Å². The maximum Gasteiger partial charge on any atom is 0.247 e. The molecule has 2 amide bonds. The molecule has 1 saturated heterocycles. The minimum atomic E-state index is -0.419. The van der Waals surface area contributed by atoms with Crippen LogP contribution in [-0.2, 0) is 16.1 Å². The molecule has 102 valence electrons. The highest BCUT2D eigenvalue weighted by molar-refractivity contribution is 6.05. The summed E-state index contributed by atoms with van der Waals surface area (Å²) >= 11 is 0. The minimum Gasteiger partial charge on any atom is -0.300 e.